The van der Waals surface area contributed by atoms with Crippen molar-refractivity contribution in [2.75, 3.05) is 18.6 Å². The molecule has 2 rings (SSSR count). The Kier molecular flexibility index (Phi) is 5.00. The van der Waals surface area contributed by atoms with Crippen LogP contribution in [0, 0.1) is 0 Å². The van der Waals surface area contributed by atoms with Crippen LogP contribution in [-0.2, 0) is 4.79 Å². The predicted octanol–water partition coefficient (Wildman–Crippen LogP) is 2.43. The summed E-state index contributed by atoms with van der Waals surface area (Å²) < 4.78 is 5.07. The summed E-state index contributed by atoms with van der Waals surface area (Å²) in [7, 11) is 1.46. The average Bonchev–Trinajstić information content (AvgIpc) is 2.48. The fraction of sp³-hybridized carbons (Fsp3) is 0.429. The Morgan fingerprint density at radius 3 is 2.62 bits per heavy atom. The summed E-state index contributed by atoms with van der Waals surface area (Å²) in [5.41, 5.74) is -0.857. The maximum atomic E-state index is 12.3. The Morgan fingerprint density at radius 1 is 1.38 bits per heavy atom. The Labute approximate surface area is 132 Å². The number of hydrogen-bond donors (Lipinski definition) is 2. The van der Waals surface area contributed by atoms with E-state index in [2.05, 4.69) is 5.32 Å². The summed E-state index contributed by atoms with van der Waals surface area (Å²) in [6, 6.07) is 4.61. The number of carbonyl (C=O) groups excluding carboxylic acids is 1. The van der Waals surface area contributed by atoms with Gasteiger partial charge in [-0.15, -0.1) is 0 Å². The second kappa shape index (κ2) is 6.58. The van der Waals surface area contributed by atoms with Gasteiger partial charge in [-0.1, -0.05) is 11.6 Å². The van der Waals surface area contributed by atoms with Gasteiger partial charge in [-0.25, -0.2) is 4.79 Å². The Morgan fingerprint density at radius 2 is 2.05 bits per heavy atom. The number of thioether (sulfide) groups is 1. The van der Waals surface area contributed by atoms with Crippen LogP contribution in [0.2, 0.25) is 5.02 Å². The van der Waals surface area contributed by atoms with E-state index in [1.165, 1.54) is 13.2 Å². The monoisotopic (exact) mass is 329 g/mol. The summed E-state index contributed by atoms with van der Waals surface area (Å²) >= 11 is 7.61. The molecule has 0 spiro atoms. The van der Waals surface area contributed by atoms with E-state index >= 15 is 0 Å². The van der Waals surface area contributed by atoms with Gasteiger partial charge in [0.2, 0.25) is 0 Å². The van der Waals surface area contributed by atoms with Gasteiger partial charge in [-0.05, 0) is 42.5 Å². The van der Waals surface area contributed by atoms with Crippen molar-refractivity contribution >= 4 is 35.2 Å². The molecule has 1 heterocycles. The first-order valence-corrected chi connectivity index (χ1v) is 7.99. The van der Waals surface area contributed by atoms with Crippen LogP contribution in [0.25, 0.3) is 0 Å². The standard InChI is InChI=1S/C14H16ClNO4S/c1-20-11-8-9(2-3-10(11)15)12(17)16-14(13(18)19)4-6-21-7-5-14/h2-3,8H,4-7H2,1H3,(H,16,17)(H,18,19). The normalized spacial score (nSPS) is 17.0. The number of rotatable bonds is 4. The summed E-state index contributed by atoms with van der Waals surface area (Å²) in [4.78, 5) is 23.9. The lowest BCUT2D eigenvalue weighted by atomic mass is 9.92. The average molecular weight is 330 g/mol. The van der Waals surface area contributed by atoms with Crippen LogP contribution in [-0.4, -0.2) is 41.1 Å². The van der Waals surface area contributed by atoms with E-state index in [4.69, 9.17) is 16.3 Å². The van der Waals surface area contributed by atoms with Gasteiger partial charge >= 0.3 is 5.97 Å². The van der Waals surface area contributed by atoms with Gasteiger partial charge in [-0.3, -0.25) is 4.79 Å². The minimum absolute atomic E-state index is 0.329. The summed E-state index contributed by atoms with van der Waals surface area (Å²) in [6.45, 7) is 0. The lowest BCUT2D eigenvalue weighted by Crippen LogP contribution is -2.56. The Bertz CT molecular complexity index is 558. The highest BCUT2D eigenvalue weighted by Gasteiger charge is 2.41. The molecule has 0 unspecified atom stereocenters. The zero-order chi connectivity index (χ0) is 15.5. The molecule has 1 aliphatic heterocycles. The molecule has 0 aromatic heterocycles. The van der Waals surface area contributed by atoms with Crippen molar-refractivity contribution in [1.29, 1.82) is 0 Å². The zero-order valence-corrected chi connectivity index (χ0v) is 13.1. The van der Waals surface area contributed by atoms with Gasteiger partial charge in [0.15, 0.2) is 0 Å². The molecular weight excluding hydrogens is 314 g/mol. The van der Waals surface area contributed by atoms with Crippen LogP contribution in [0.1, 0.15) is 23.2 Å². The molecule has 0 aliphatic carbocycles. The fourth-order valence-electron chi connectivity index (χ4n) is 2.20. The van der Waals surface area contributed by atoms with Gasteiger partial charge < -0.3 is 15.2 Å². The number of nitrogens with one attached hydrogen (secondary N) is 1. The minimum Gasteiger partial charge on any atom is -0.495 e. The molecule has 1 saturated heterocycles. The summed E-state index contributed by atoms with van der Waals surface area (Å²) in [5, 5.41) is 12.5. The number of ether oxygens (including phenoxy) is 1. The van der Waals surface area contributed by atoms with Crippen LogP contribution < -0.4 is 10.1 Å². The van der Waals surface area contributed by atoms with Crippen molar-refractivity contribution in [2.24, 2.45) is 0 Å². The molecule has 21 heavy (non-hydrogen) atoms. The van der Waals surface area contributed by atoms with Gasteiger partial charge in [0.05, 0.1) is 12.1 Å². The van der Waals surface area contributed by atoms with Crippen LogP contribution in [0.5, 0.6) is 5.75 Å². The van der Waals surface area contributed by atoms with Crippen molar-refractivity contribution in [3.63, 3.8) is 0 Å². The van der Waals surface area contributed by atoms with Gasteiger partial charge in [0.1, 0.15) is 11.3 Å². The number of carbonyl (C=O) groups is 2. The topological polar surface area (TPSA) is 75.6 Å². The smallest absolute Gasteiger partial charge is 0.329 e. The van der Waals surface area contributed by atoms with E-state index in [0.29, 0.717) is 29.2 Å². The van der Waals surface area contributed by atoms with Gasteiger partial charge in [0.25, 0.3) is 5.91 Å². The molecular formula is C14H16ClNO4S. The second-order valence-electron chi connectivity index (χ2n) is 4.80. The first kappa shape index (κ1) is 16.0. The number of carboxylic acids is 1. The molecule has 7 heteroatoms. The molecule has 1 aromatic carbocycles. The number of amides is 1. The molecule has 1 aromatic rings. The molecule has 1 fully saturated rings. The molecule has 5 nitrogen and oxygen atoms in total. The third-order valence-corrected chi connectivity index (χ3v) is 4.82. The van der Waals surface area contributed by atoms with Crippen LogP contribution in [0.3, 0.4) is 0 Å². The third-order valence-electron chi connectivity index (χ3n) is 3.52. The minimum atomic E-state index is -1.19. The van der Waals surface area contributed by atoms with Crippen LogP contribution in [0.15, 0.2) is 18.2 Å². The van der Waals surface area contributed by atoms with E-state index in [1.807, 2.05) is 0 Å². The number of aliphatic carboxylic acids is 1. The van der Waals surface area contributed by atoms with E-state index in [9.17, 15) is 14.7 Å². The van der Waals surface area contributed by atoms with Crippen molar-refractivity contribution in [3.8, 4) is 5.75 Å². The van der Waals surface area contributed by atoms with E-state index in [0.717, 1.165) is 11.5 Å². The number of methoxy groups -OCH3 is 1. The number of benzene rings is 1. The largest absolute Gasteiger partial charge is 0.495 e. The predicted molar refractivity (Wildman–Crippen MR) is 82.4 cm³/mol. The maximum Gasteiger partial charge on any atom is 0.329 e. The van der Waals surface area contributed by atoms with Crippen LogP contribution in [0.4, 0.5) is 0 Å². The number of carboxylic acid groups (broad SMARTS) is 1. The molecule has 0 radical (unpaired) electrons. The molecule has 0 saturated carbocycles. The molecule has 114 valence electrons. The quantitative estimate of drug-likeness (QED) is 0.887. The van der Waals surface area contributed by atoms with E-state index < -0.39 is 17.4 Å². The van der Waals surface area contributed by atoms with Crippen molar-refractivity contribution in [2.45, 2.75) is 18.4 Å². The second-order valence-corrected chi connectivity index (χ2v) is 6.44. The highest BCUT2D eigenvalue weighted by molar-refractivity contribution is 7.99. The Balaban J connectivity index is 2.21. The number of halogens is 1. The molecule has 0 bridgehead atoms. The maximum absolute atomic E-state index is 12.3. The Hall–Kier alpha value is -1.40. The van der Waals surface area contributed by atoms with Crippen molar-refractivity contribution < 1.29 is 19.4 Å². The van der Waals surface area contributed by atoms with Crippen molar-refractivity contribution in [1.82, 2.24) is 5.32 Å². The van der Waals surface area contributed by atoms with Crippen molar-refractivity contribution in [3.05, 3.63) is 28.8 Å². The van der Waals surface area contributed by atoms with Crippen LogP contribution >= 0.6 is 23.4 Å². The first-order chi connectivity index (χ1) is 9.98. The zero-order valence-electron chi connectivity index (χ0n) is 11.5. The first-order valence-electron chi connectivity index (χ1n) is 6.46. The summed E-state index contributed by atoms with van der Waals surface area (Å²) in [6.07, 6.45) is 0.840. The molecule has 1 amide bonds. The lowest BCUT2D eigenvalue weighted by molar-refractivity contribution is -0.144. The fourth-order valence-corrected chi connectivity index (χ4v) is 3.59. The molecule has 2 N–H and O–H groups in total. The third kappa shape index (κ3) is 3.44. The van der Waals surface area contributed by atoms with E-state index in [-0.39, 0.29) is 0 Å². The summed E-state index contributed by atoms with van der Waals surface area (Å²) in [5.74, 6) is 0.400. The molecule has 0 atom stereocenters. The highest BCUT2D eigenvalue weighted by atomic mass is 35.5. The van der Waals surface area contributed by atoms with E-state index in [1.54, 1.807) is 23.9 Å². The highest BCUT2D eigenvalue weighted by Crippen LogP contribution is 2.29. The SMILES string of the molecule is COc1cc(C(=O)NC2(C(=O)O)CCSCC2)ccc1Cl. The lowest BCUT2D eigenvalue weighted by Gasteiger charge is -2.33. The van der Waals surface area contributed by atoms with Gasteiger partial charge in [0, 0.05) is 5.56 Å². The van der Waals surface area contributed by atoms with Gasteiger partial charge in [-0.2, -0.15) is 11.8 Å². The molecule has 1 aliphatic rings. The number of hydrogen-bond acceptors (Lipinski definition) is 4.